The summed E-state index contributed by atoms with van der Waals surface area (Å²) in [6.45, 7) is 0.449. The number of carbonyl (C=O) groups is 1. The fraction of sp³-hybridized carbons (Fsp3) is 0.389. The Balaban J connectivity index is 1.73. The summed E-state index contributed by atoms with van der Waals surface area (Å²) in [6.07, 6.45) is -3.82. The maximum absolute atomic E-state index is 14.1. The number of aromatic nitrogens is 2. The van der Waals surface area contributed by atoms with Gasteiger partial charge in [0.2, 0.25) is 0 Å². The highest BCUT2D eigenvalue weighted by molar-refractivity contribution is 5.85. The molecule has 0 amide bonds. The van der Waals surface area contributed by atoms with Gasteiger partial charge in [-0.25, -0.2) is 13.8 Å². The number of alkyl halides is 4. The number of nitrogens with zero attached hydrogens (tertiary/aromatic N) is 2. The summed E-state index contributed by atoms with van der Waals surface area (Å²) >= 11 is 0. The lowest BCUT2D eigenvalue weighted by molar-refractivity contribution is -0.141. The van der Waals surface area contributed by atoms with Crippen LogP contribution in [-0.4, -0.2) is 34.5 Å². The highest BCUT2D eigenvalue weighted by atomic mass is 19.4. The van der Waals surface area contributed by atoms with Gasteiger partial charge in [0, 0.05) is 12.0 Å². The molecule has 2 heterocycles. The van der Waals surface area contributed by atoms with Crippen LogP contribution in [0.25, 0.3) is 11.3 Å². The van der Waals surface area contributed by atoms with Crippen LogP contribution in [0.5, 0.6) is 0 Å². The van der Waals surface area contributed by atoms with Gasteiger partial charge in [-0.1, -0.05) is 6.07 Å². The Morgan fingerprint density at radius 1 is 1.22 bits per heavy atom. The van der Waals surface area contributed by atoms with Crippen LogP contribution in [0.3, 0.4) is 0 Å². The average Bonchev–Trinajstić information content (AvgIpc) is 3.06. The van der Waals surface area contributed by atoms with Gasteiger partial charge in [0.1, 0.15) is 12.0 Å². The fourth-order valence-electron chi connectivity index (χ4n) is 2.95. The monoisotopic (exact) mass is 385 g/mol. The third kappa shape index (κ3) is 4.47. The summed E-state index contributed by atoms with van der Waals surface area (Å²) in [7, 11) is 0. The number of hydrogen-bond acceptors (Lipinski definition) is 4. The molecule has 3 rings (SSSR count). The van der Waals surface area contributed by atoms with Gasteiger partial charge >= 0.3 is 6.18 Å². The Morgan fingerprint density at radius 2 is 2.00 bits per heavy atom. The number of hydrogen-bond donors (Lipinski definition) is 1. The Kier molecular flexibility index (Phi) is 5.50. The minimum Gasteiger partial charge on any atom is -0.305 e. The van der Waals surface area contributed by atoms with Crippen molar-refractivity contribution in [2.24, 2.45) is 0 Å². The third-order valence-electron chi connectivity index (χ3n) is 4.40. The summed E-state index contributed by atoms with van der Waals surface area (Å²) in [5.41, 5.74) is -0.633. The summed E-state index contributed by atoms with van der Waals surface area (Å²) in [5.74, 6) is -0.930. The van der Waals surface area contributed by atoms with Crippen LogP contribution in [0.2, 0.25) is 0 Å². The summed E-state index contributed by atoms with van der Waals surface area (Å²) < 4.78 is 65.3. The summed E-state index contributed by atoms with van der Waals surface area (Å²) in [5, 5.41) is 2.81. The molecule has 0 aliphatic carbocycles. The van der Waals surface area contributed by atoms with Crippen LogP contribution in [0.1, 0.15) is 24.1 Å². The quantitative estimate of drug-likeness (QED) is 0.801. The molecular weight excluding hydrogens is 369 g/mol. The van der Waals surface area contributed by atoms with Crippen molar-refractivity contribution in [3.63, 3.8) is 0 Å². The van der Waals surface area contributed by atoms with Crippen molar-refractivity contribution in [2.75, 3.05) is 6.54 Å². The SMILES string of the molecule is O=C(CCc1ccc(F)c(-c2cnc(C(F)(F)F)cn2)c1)[C@H]1NCC[C@@H]1F. The standard InChI is InChI=1S/C18H16F5N3O/c19-12-3-1-10(2-4-15(27)17-13(20)5-6-24-17)7-11(12)14-8-26-16(9-25-14)18(21,22)23/h1,3,7-9,13,17,24H,2,4-6H2/t13-,17-/m0/s1. The van der Waals surface area contributed by atoms with Crippen LogP contribution in [0.4, 0.5) is 22.0 Å². The van der Waals surface area contributed by atoms with Gasteiger partial charge in [0.05, 0.1) is 24.1 Å². The lowest BCUT2D eigenvalue weighted by Crippen LogP contribution is -2.36. The van der Waals surface area contributed by atoms with Crippen LogP contribution in [-0.2, 0) is 17.4 Å². The molecule has 144 valence electrons. The molecule has 0 bridgehead atoms. The van der Waals surface area contributed by atoms with Gasteiger partial charge in [-0.05, 0) is 37.1 Å². The molecule has 1 N–H and O–H groups in total. The summed E-state index contributed by atoms with van der Waals surface area (Å²) in [6, 6.07) is 3.22. The highest BCUT2D eigenvalue weighted by Crippen LogP contribution is 2.28. The molecule has 9 heteroatoms. The maximum Gasteiger partial charge on any atom is 0.434 e. The molecule has 1 aromatic carbocycles. The second-order valence-corrected chi connectivity index (χ2v) is 6.30. The second-order valence-electron chi connectivity index (χ2n) is 6.30. The first-order valence-electron chi connectivity index (χ1n) is 8.34. The Hall–Kier alpha value is -2.42. The first-order chi connectivity index (χ1) is 12.8. The van der Waals surface area contributed by atoms with Crippen LogP contribution >= 0.6 is 0 Å². The van der Waals surface area contributed by atoms with E-state index in [0.717, 1.165) is 12.3 Å². The van der Waals surface area contributed by atoms with Crippen molar-refractivity contribution >= 4 is 5.78 Å². The van der Waals surface area contributed by atoms with E-state index in [2.05, 4.69) is 15.3 Å². The minimum atomic E-state index is -4.63. The smallest absolute Gasteiger partial charge is 0.305 e. The number of rotatable bonds is 5. The molecule has 2 aromatic rings. The molecule has 27 heavy (non-hydrogen) atoms. The zero-order valence-corrected chi connectivity index (χ0v) is 14.1. The number of Topliss-reactive ketones (excluding diaryl/α,β-unsaturated/α-hetero) is 1. The van der Waals surface area contributed by atoms with Crippen molar-refractivity contribution < 1.29 is 26.7 Å². The van der Waals surface area contributed by atoms with Gasteiger partial charge in [-0.3, -0.25) is 9.78 Å². The van der Waals surface area contributed by atoms with E-state index in [1.165, 1.54) is 12.1 Å². The van der Waals surface area contributed by atoms with E-state index in [-0.39, 0.29) is 29.9 Å². The molecule has 1 aliphatic heterocycles. The minimum absolute atomic E-state index is 0.0106. The van der Waals surface area contributed by atoms with Crippen LogP contribution in [0, 0.1) is 5.82 Å². The number of benzene rings is 1. The van der Waals surface area contributed by atoms with Gasteiger partial charge in [0.15, 0.2) is 11.5 Å². The van der Waals surface area contributed by atoms with E-state index in [1.54, 1.807) is 0 Å². The Bertz CT molecular complexity index is 823. The molecule has 0 spiro atoms. The van der Waals surface area contributed by atoms with E-state index in [4.69, 9.17) is 0 Å². The normalized spacial score (nSPS) is 20.0. The lowest BCUT2D eigenvalue weighted by Gasteiger charge is -2.12. The molecule has 0 radical (unpaired) electrons. The van der Waals surface area contributed by atoms with Gasteiger partial charge in [-0.2, -0.15) is 13.2 Å². The molecule has 1 aliphatic rings. The van der Waals surface area contributed by atoms with E-state index >= 15 is 0 Å². The molecular formula is C18H16F5N3O. The van der Waals surface area contributed by atoms with Crippen molar-refractivity contribution in [3.05, 3.63) is 47.7 Å². The molecule has 4 nitrogen and oxygen atoms in total. The molecule has 1 saturated heterocycles. The average molecular weight is 385 g/mol. The number of carbonyl (C=O) groups excluding carboxylic acids is 1. The molecule has 1 aromatic heterocycles. The fourth-order valence-corrected chi connectivity index (χ4v) is 2.95. The zero-order chi connectivity index (χ0) is 19.6. The first kappa shape index (κ1) is 19.3. The predicted molar refractivity (Wildman–Crippen MR) is 87.1 cm³/mol. The lowest BCUT2D eigenvalue weighted by atomic mass is 9.99. The highest BCUT2D eigenvalue weighted by Gasteiger charge is 2.33. The topological polar surface area (TPSA) is 54.9 Å². The van der Waals surface area contributed by atoms with Crippen LogP contribution in [0.15, 0.2) is 30.6 Å². The third-order valence-corrected chi connectivity index (χ3v) is 4.40. The number of halogens is 5. The number of ketones is 1. The van der Waals surface area contributed by atoms with Crippen molar-refractivity contribution in [2.45, 2.75) is 37.7 Å². The number of aryl methyl sites for hydroxylation is 1. The van der Waals surface area contributed by atoms with E-state index < -0.39 is 29.9 Å². The Labute approximate surface area is 151 Å². The van der Waals surface area contributed by atoms with Crippen molar-refractivity contribution in [1.29, 1.82) is 0 Å². The van der Waals surface area contributed by atoms with Gasteiger partial charge < -0.3 is 5.32 Å². The second kappa shape index (κ2) is 7.67. The number of nitrogens with one attached hydrogen (secondary N) is 1. The van der Waals surface area contributed by atoms with Crippen molar-refractivity contribution in [1.82, 2.24) is 15.3 Å². The maximum atomic E-state index is 14.1. The van der Waals surface area contributed by atoms with Gasteiger partial charge in [-0.15, -0.1) is 0 Å². The molecule has 0 unspecified atom stereocenters. The molecule has 0 saturated carbocycles. The summed E-state index contributed by atoms with van der Waals surface area (Å²) in [4.78, 5) is 19.0. The van der Waals surface area contributed by atoms with Crippen molar-refractivity contribution in [3.8, 4) is 11.3 Å². The molecule has 2 atom stereocenters. The first-order valence-corrected chi connectivity index (χ1v) is 8.34. The van der Waals surface area contributed by atoms with Gasteiger partial charge in [0.25, 0.3) is 0 Å². The predicted octanol–water partition coefficient (Wildman–Crippen LogP) is 3.50. The van der Waals surface area contributed by atoms with E-state index in [0.29, 0.717) is 24.7 Å². The Morgan fingerprint density at radius 3 is 2.59 bits per heavy atom. The van der Waals surface area contributed by atoms with E-state index in [9.17, 15) is 26.7 Å². The van der Waals surface area contributed by atoms with Crippen LogP contribution < -0.4 is 5.32 Å². The molecule has 1 fully saturated rings. The van der Waals surface area contributed by atoms with E-state index in [1.807, 2.05) is 0 Å². The largest absolute Gasteiger partial charge is 0.434 e. The zero-order valence-electron chi connectivity index (χ0n) is 14.1.